The first kappa shape index (κ1) is 17.9. The number of methoxy groups -OCH3 is 1. The van der Waals surface area contributed by atoms with Crippen LogP contribution in [0.5, 0.6) is 0 Å². The molecular formula is C14H15Cl2F2NO2. The fraction of sp³-hybridized carbons (Fsp3) is 0.357. The van der Waals surface area contributed by atoms with Crippen molar-refractivity contribution in [3.63, 3.8) is 0 Å². The van der Waals surface area contributed by atoms with Crippen LogP contribution in [0, 0.1) is 0 Å². The summed E-state index contributed by atoms with van der Waals surface area (Å²) in [6, 6.07) is 4.92. The number of carbonyl (C=O) groups is 1. The van der Waals surface area contributed by atoms with Crippen molar-refractivity contribution < 1.29 is 18.3 Å². The molecule has 3 nitrogen and oxygen atoms in total. The molecule has 7 heteroatoms. The van der Waals surface area contributed by atoms with E-state index in [-0.39, 0.29) is 13.2 Å². The minimum Gasteiger partial charge on any atom is -0.383 e. The number of hydrogen-bond donors (Lipinski definition) is 0. The zero-order chi connectivity index (χ0) is 15.8. The number of hydrogen-bond acceptors (Lipinski definition) is 2. The zero-order valence-corrected chi connectivity index (χ0v) is 12.9. The fourth-order valence-corrected chi connectivity index (χ4v) is 2.11. The number of halogens is 4. The quantitative estimate of drug-likeness (QED) is 0.709. The van der Waals surface area contributed by atoms with Gasteiger partial charge in [-0.1, -0.05) is 29.3 Å². The van der Waals surface area contributed by atoms with Crippen molar-refractivity contribution in [2.24, 2.45) is 0 Å². The summed E-state index contributed by atoms with van der Waals surface area (Å²) in [4.78, 5) is 13.0. The highest BCUT2D eigenvalue weighted by Gasteiger charge is 2.16. The second-order valence-electron chi connectivity index (χ2n) is 4.14. The largest absolute Gasteiger partial charge is 0.383 e. The van der Waals surface area contributed by atoms with Gasteiger partial charge in [-0.2, -0.15) is 0 Å². The summed E-state index contributed by atoms with van der Waals surface area (Å²) in [6.07, 6.45) is -0.0215. The van der Waals surface area contributed by atoms with E-state index in [9.17, 15) is 13.6 Å². The van der Waals surface area contributed by atoms with Crippen LogP contribution in [-0.2, 0) is 9.53 Å². The molecule has 0 N–H and O–H groups in total. The molecule has 0 radical (unpaired) electrons. The normalized spacial score (nSPS) is 11.3. The van der Waals surface area contributed by atoms with Crippen LogP contribution in [0.15, 0.2) is 24.3 Å². The van der Waals surface area contributed by atoms with E-state index >= 15 is 0 Å². The molecule has 0 heterocycles. The lowest BCUT2D eigenvalue weighted by atomic mass is 10.2. The van der Waals surface area contributed by atoms with E-state index in [0.717, 1.165) is 4.90 Å². The van der Waals surface area contributed by atoms with Crippen LogP contribution in [0.3, 0.4) is 0 Å². The van der Waals surface area contributed by atoms with Gasteiger partial charge in [-0.05, 0) is 18.2 Å². The molecule has 0 aliphatic carbocycles. The van der Waals surface area contributed by atoms with Gasteiger partial charge in [-0.15, -0.1) is 0 Å². The third kappa shape index (κ3) is 5.99. The molecule has 0 saturated heterocycles. The summed E-state index contributed by atoms with van der Waals surface area (Å²) in [5.41, 5.74) is 0.470. The second kappa shape index (κ2) is 8.97. The van der Waals surface area contributed by atoms with Crippen molar-refractivity contribution in [3.8, 4) is 0 Å². The summed E-state index contributed by atoms with van der Waals surface area (Å²) in [5.74, 6) is -0.552. The highest BCUT2D eigenvalue weighted by atomic mass is 35.5. The lowest BCUT2D eigenvalue weighted by Gasteiger charge is -2.20. The molecule has 21 heavy (non-hydrogen) atoms. The van der Waals surface area contributed by atoms with Crippen molar-refractivity contribution in [2.75, 3.05) is 26.8 Å². The van der Waals surface area contributed by atoms with Crippen molar-refractivity contribution in [1.82, 2.24) is 4.90 Å². The third-order valence-corrected chi connectivity index (χ3v) is 3.29. The molecule has 116 valence electrons. The SMILES string of the molecule is COCCN(CC(F)F)C(=O)/C=C/c1c(Cl)cccc1Cl. The Bertz CT molecular complexity index is 489. The van der Waals surface area contributed by atoms with Gasteiger partial charge >= 0.3 is 0 Å². The van der Waals surface area contributed by atoms with Gasteiger partial charge in [0.05, 0.1) is 13.2 Å². The second-order valence-corrected chi connectivity index (χ2v) is 4.95. The maximum absolute atomic E-state index is 12.5. The van der Waals surface area contributed by atoms with Crippen LogP contribution >= 0.6 is 23.2 Å². The van der Waals surface area contributed by atoms with Crippen LogP contribution in [0.1, 0.15) is 5.56 Å². The van der Waals surface area contributed by atoms with Gasteiger partial charge in [0.1, 0.15) is 0 Å². The standard InChI is InChI=1S/C14H15Cl2F2NO2/c1-21-8-7-19(9-13(17)18)14(20)6-5-10-11(15)3-2-4-12(10)16/h2-6,13H,7-9H2,1H3/b6-5+. The van der Waals surface area contributed by atoms with Gasteiger partial charge in [0.15, 0.2) is 0 Å². The molecule has 0 fully saturated rings. The number of nitrogens with zero attached hydrogens (tertiary/aromatic N) is 1. The van der Waals surface area contributed by atoms with Crippen LogP contribution in [0.2, 0.25) is 10.0 Å². The molecule has 0 aliphatic heterocycles. The summed E-state index contributed by atoms with van der Waals surface area (Å²) in [5, 5.41) is 0.757. The number of benzene rings is 1. The summed E-state index contributed by atoms with van der Waals surface area (Å²) in [6.45, 7) is -0.387. The van der Waals surface area contributed by atoms with Gasteiger partial charge in [-0.3, -0.25) is 4.79 Å². The molecule has 1 aromatic rings. The Morgan fingerprint density at radius 1 is 1.38 bits per heavy atom. The third-order valence-electron chi connectivity index (χ3n) is 2.63. The highest BCUT2D eigenvalue weighted by Crippen LogP contribution is 2.25. The van der Waals surface area contributed by atoms with Crippen LogP contribution in [0.4, 0.5) is 8.78 Å². The van der Waals surface area contributed by atoms with E-state index in [1.165, 1.54) is 19.3 Å². The van der Waals surface area contributed by atoms with E-state index in [1.807, 2.05) is 0 Å². The molecule has 1 rings (SSSR count). The Balaban J connectivity index is 2.82. The van der Waals surface area contributed by atoms with E-state index in [0.29, 0.717) is 15.6 Å². The van der Waals surface area contributed by atoms with Crippen LogP contribution < -0.4 is 0 Å². The number of ether oxygens (including phenoxy) is 1. The van der Waals surface area contributed by atoms with Gasteiger partial charge in [-0.25, -0.2) is 8.78 Å². The van der Waals surface area contributed by atoms with Crippen molar-refractivity contribution >= 4 is 35.2 Å². The number of amides is 1. The molecule has 0 spiro atoms. The maximum Gasteiger partial charge on any atom is 0.255 e. The zero-order valence-electron chi connectivity index (χ0n) is 11.4. The van der Waals surface area contributed by atoms with Gasteiger partial charge in [0.25, 0.3) is 6.43 Å². The van der Waals surface area contributed by atoms with Gasteiger partial charge in [0, 0.05) is 35.3 Å². The molecule has 1 amide bonds. The Labute approximate surface area is 132 Å². The molecule has 0 aromatic heterocycles. The first-order chi connectivity index (χ1) is 9.95. The van der Waals surface area contributed by atoms with Crippen LogP contribution in [0.25, 0.3) is 6.08 Å². The minimum atomic E-state index is -2.61. The number of alkyl halides is 2. The average molecular weight is 338 g/mol. The molecule has 0 atom stereocenters. The van der Waals surface area contributed by atoms with E-state index in [2.05, 4.69) is 0 Å². The van der Waals surface area contributed by atoms with Gasteiger partial charge in [0.2, 0.25) is 5.91 Å². The predicted molar refractivity (Wildman–Crippen MR) is 80.0 cm³/mol. The minimum absolute atomic E-state index is 0.0836. The van der Waals surface area contributed by atoms with E-state index < -0.39 is 18.9 Å². The molecule has 0 unspecified atom stereocenters. The Morgan fingerprint density at radius 3 is 2.52 bits per heavy atom. The molecular weight excluding hydrogens is 323 g/mol. The molecule has 1 aromatic carbocycles. The maximum atomic E-state index is 12.5. The van der Waals surface area contributed by atoms with E-state index in [1.54, 1.807) is 18.2 Å². The number of carbonyl (C=O) groups excluding carboxylic acids is 1. The number of rotatable bonds is 7. The lowest BCUT2D eigenvalue weighted by Crippen LogP contribution is -2.36. The lowest BCUT2D eigenvalue weighted by molar-refractivity contribution is -0.128. The van der Waals surface area contributed by atoms with Crippen molar-refractivity contribution in [3.05, 3.63) is 39.9 Å². The first-order valence-electron chi connectivity index (χ1n) is 6.13. The topological polar surface area (TPSA) is 29.5 Å². The molecule has 0 aliphatic rings. The fourth-order valence-electron chi connectivity index (χ4n) is 1.59. The highest BCUT2D eigenvalue weighted by molar-refractivity contribution is 6.37. The Morgan fingerprint density at radius 2 is 2.00 bits per heavy atom. The predicted octanol–water partition coefficient (Wildman–Crippen LogP) is 3.75. The molecule has 0 saturated carbocycles. The van der Waals surface area contributed by atoms with Crippen LogP contribution in [-0.4, -0.2) is 44.0 Å². The van der Waals surface area contributed by atoms with Gasteiger partial charge < -0.3 is 9.64 Å². The summed E-state index contributed by atoms with van der Waals surface area (Å²) >= 11 is 11.9. The Hall–Kier alpha value is -1.17. The monoisotopic (exact) mass is 337 g/mol. The first-order valence-corrected chi connectivity index (χ1v) is 6.89. The average Bonchev–Trinajstić information content (AvgIpc) is 2.42. The Kier molecular flexibility index (Phi) is 7.64. The van der Waals surface area contributed by atoms with Crippen molar-refractivity contribution in [2.45, 2.75) is 6.43 Å². The molecule has 0 bridgehead atoms. The summed E-state index contributed by atoms with van der Waals surface area (Å²) in [7, 11) is 1.43. The summed E-state index contributed by atoms with van der Waals surface area (Å²) < 4.78 is 29.7. The smallest absolute Gasteiger partial charge is 0.255 e. The van der Waals surface area contributed by atoms with E-state index in [4.69, 9.17) is 27.9 Å². The van der Waals surface area contributed by atoms with Crippen molar-refractivity contribution in [1.29, 1.82) is 0 Å².